The molecular weight excluding hydrogens is 450 g/mol. The molecular formula is C22H19N3O5S2. The van der Waals surface area contributed by atoms with Crippen molar-refractivity contribution in [2.24, 2.45) is 0 Å². The molecule has 32 heavy (non-hydrogen) atoms. The molecule has 0 aliphatic rings. The maximum absolute atomic E-state index is 12.5. The zero-order valence-corrected chi connectivity index (χ0v) is 18.5. The van der Waals surface area contributed by atoms with Gasteiger partial charge >= 0.3 is 0 Å². The standard InChI is InChI=1S/C22H19N3O5S2/c1-14-4-2-3-5-19(14)21(28)24-22(31)23-16-8-12-18(13-9-16)32(29,30)25-20(27)15-6-10-17(26)11-7-15/h2-13,26H,1H3,(H,25,27)(H2,23,24,28,31). The summed E-state index contributed by atoms with van der Waals surface area (Å²) in [7, 11) is -4.12. The van der Waals surface area contributed by atoms with Gasteiger partial charge in [0.05, 0.1) is 4.90 Å². The zero-order valence-electron chi connectivity index (χ0n) is 16.8. The minimum absolute atomic E-state index is 0.0412. The lowest BCUT2D eigenvalue weighted by atomic mass is 10.1. The fraction of sp³-hybridized carbons (Fsp3) is 0.0455. The van der Waals surface area contributed by atoms with Gasteiger partial charge in [-0.1, -0.05) is 18.2 Å². The van der Waals surface area contributed by atoms with Gasteiger partial charge in [-0.2, -0.15) is 0 Å². The second-order valence-electron chi connectivity index (χ2n) is 6.73. The Labute approximate surface area is 190 Å². The van der Waals surface area contributed by atoms with Gasteiger partial charge in [0.1, 0.15) is 5.75 Å². The number of carbonyl (C=O) groups excluding carboxylic acids is 2. The predicted octanol–water partition coefficient (Wildman–Crippen LogP) is 2.95. The number of benzene rings is 3. The molecule has 3 aromatic rings. The monoisotopic (exact) mass is 469 g/mol. The van der Waals surface area contributed by atoms with Crippen molar-refractivity contribution in [1.82, 2.24) is 10.0 Å². The van der Waals surface area contributed by atoms with Crippen molar-refractivity contribution in [2.75, 3.05) is 5.32 Å². The van der Waals surface area contributed by atoms with Gasteiger partial charge in [-0.15, -0.1) is 0 Å². The molecule has 0 bridgehead atoms. The molecule has 0 aromatic heterocycles. The van der Waals surface area contributed by atoms with Crippen LogP contribution in [0.5, 0.6) is 5.75 Å². The van der Waals surface area contributed by atoms with E-state index >= 15 is 0 Å². The number of hydrogen-bond donors (Lipinski definition) is 4. The van der Waals surface area contributed by atoms with Crippen LogP contribution in [0.15, 0.2) is 77.7 Å². The topological polar surface area (TPSA) is 125 Å². The van der Waals surface area contributed by atoms with E-state index in [4.69, 9.17) is 12.2 Å². The van der Waals surface area contributed by atoms with Crippen molar-refractivity contribution in [3.05, 3.63) is 89.5 Å². The molecule has 8 nitrogen and oxygen atoms in total. The van der Waals surface area contributed by atoms with Crippen molar-refractivity contribution in [3.8, 4) is 5.75 Å². The Morgan fingerprint density at radius 3 is 2.12 bits per heavy atom. The maximum atomic E-state index is 12.5. The van der Waals surface area contributed by atoms with Crippen LogP contribution in [0.2, 0.25) is 0 Å². The van der Waals surface area contributed by atoms with Gasteiger partial charge in [-0.3, -0.25) is 14.9 Å². The fourth-order valence-electron chi connectivity index (χ4n) is 2.73. The van der Waals surface area contributed by atoms with E-state index in [0.29, 0.717) is 11.3 Å². The summed E-state index contributed by atoms with van der Waals surface area (Å²) in [6, 6.07) is 17.7. The van der Waals surface area contributed by atoms with E-state index in [2.05, 4.69) is 10.6 Å². The first-order valence-electron chi connectivity index (χ1n) is 9.30. The molecule has 3 aromatic carbocycles. The summed E-state index contributed by atoms with van der Waals surface area (Å²) in [5.74, 6) is -1.23. The van der Waals surface area contributed by atoms with E-state index in [9.17, 15) is 23.1 Å². The largest absolute Gasteiger partial charge is 0.508 e. The number of amides is 2. The van der Waals surface area contributed by atoms with Crippen molar-refractivity contribution >= 4 is 44.9 Å². The summed E-state index contributed by atoms with van der Waals surface area (Å²) in [4.78, 5) is 24.3. The molecule has 0 atom stereocenters. The zero-order chi connectivity index (χ0) is 23.3. The second-order valence-corrected chi connectivity index (χ2v) is 8.82. The van der Waals surface area contributed by atoms with E-state index in [1.807, 2.05) is 23.8 Å². The highest BCUT2D eigenvalue weighted by Gasteiger charge is 2.19. The highest BCUT2D eigenvalue weighted by molar-refractivity contribution is 7.90. The lowest BCUT2D eigenvalue weighted by Crippen LogP contribution is -2.34. The van der Waals surface area contributed by atoms with Gasteiger partial charge in [0.2, 0.25) is 0 Å². The first kappa shape index (κ1) is 22.9. The Bertz CT molecular complexity index is 1270. The van der Waals surface area contributed by atoms with Gasteiger partial charge < -0.3 is 10.4 Å². The van der Waals surface area contributed by atoms with E-state index in [1.54, 1.807) is 12.1 Å². The van der Waals surface area contributed by atoms with Crippen LogP contribution in [0.4, 0.5) is 5.69 Å². The van der Waals surface area contributed by atoms with Crippen molar-refractivity contribution in [3.63, 3.8) is 0 Å². The Morgan fingerprint density at radius 1 is 0.875 bits per heavy atom. The summed E-state index contributed by atoms with van der Waals surface area (Å²) in [5.41, 5.74) is 1.82. The van der Waals surface area contributed by atoms with E-state index < -0.39 is 15.9 Å². The smallest absolute Gasteiger partial charge is 0.265 e. The predicted molar refractivity (Wildman–Crippen MR) is 124 cm³/mol. The highest BCUT2D eigenvalue weighted by Crippen LogP contribution is 2.16. The van der Waals surface area contributed by atoms with Crippen LogP contribution in [0, 0.1) is 6.92 Å². The Balaban J connectivity index is 1.63. The SMILES string of the molecule is Cc1ccccc1C(=O)NC(=S)Nc1ccc(S(=O)(=O)NC(=O)c2ccc(O)cc2)cc1. The summed E-state index contributed by atoms with van der Waals surface area (Å²) >= 11 is 5.15. The van der Waals surface area contributed by atoms with Crippen molar-refractivity contribution in [1.29, 1.82) is 0 Å². The summed E-state index contributed by atoms with van der Waals surface area (Å²) < 4.78 is 26.9. The minimum Gasteiger partial charge on any atom is -0.508 e. The van der Waals surface area contributed by atoms with Crippen LogP contribution in [-0.2, 0) is 10.0 Å². The second kappa shape index (κ2) is 9.58. The maximum Gasteiger partial charge on any atom is 0.265 e. The number of nitrogens with one attached hydrogen (secondary N) is 3. The lowest BCUT2D eigenvalue weighted by molar-refractivity contribution is 0.0970. The van der Waals surface area contributed by atoms with Crippen LogP contribution in [0.3, 0.4) is 0 Å². The van der Waals surface area contributed by atoms with Gasteiger partial charge in [-0.05, 0) is 79.3 Å². The Morgan fingerprint density at radius 2 is 1.50 bits per heavy atom. The van der Waals surface area contributed by atoms with Crippen LogP contribution >= 0.6 is 12.2 Å². The quantitative estimate of drug-likeness (QED) is 0.424. The van der Waals surface area contributed by atoms with Crippen LogP contribution in [-0.4, -0.2) is 30.5 Å². The van der Waals surface area contributed by atoms with E-state index in [0.717, 1.165) is 5.56 Å². The lowest BCUT2D eigenvalue weighted by Gasteiger charge is -2.12. The highest BCUT2D eigenvalue weighted by atomic mass is 32.2. The third-order valence-corrected chi connectivity index (χ3v) is 5.95. The summed E-state index contributed by atoms with van der Waals surface area (Å²) in [5, 5.41) is 14.7. The molecule has 4 N–H and O–H groups in total. The molecule has 0 saturated heterocycles. The average Bonchev–Trinajstić information content (AvgIpc) is 2.74. The number of carbonyl (C=O) groups is 2. The number of sulfonamides is 1. The first-order chi connectivity index (χ1) is 15.2. The molecule has 164 valence electrons. The molecule has 0 fully saturated rings. The summed E-state index contributed by atoms with van der Waals surface area (Å²) in [6.07, 6.45) is 0. The third kappa shape index (κ3) is 5.68. The van der Waals surface area contributed by atoms with Crippen LogP contribution in [0.1, 0.15) is 26.3 Å². The minimum atomic E-state index is -4.12. The number of thiocarbonyl (C=S) groups is 1. The van der Waals surface area contributed by atoms with Gasteiger partial charge in [0.15, 0.2) is 5.11 Å². The summed E-state index contributed by atoms with van der Waals surface area (Å²) in [6.45, 7) is 1.81. The van der Waals surface area contributed by atoms with E-state index in [1.165, 1.54) is 48.5 Å². The van der Waals surface area contributed by atoms with Crippen molar-refractivity contribution in [2.45, 2.75) is 11.8 Å². The fourth-order valence-corrected chi connectivity index (χ4v) is 3.92. The molecule has 0 radical (unpaired) electrons. The molecule has 0 aliphatic carbocycles. The molecule has 0 saturated carbocycles. The number of aryl methyl sites for hydroxylation is 1. The number of aromatic hydroxyl groups is 1. The first-order valence-corrected chi connectivity index (χ1v) is 11.2. The average molecular weight is 470 g/mol. The molecule has 3 rings (SSSR count). The molecule has 0 heterocycles. The number of phenols is 1. The van der Waals surface area contributed by atoms with Crippen LogP contribution < -0.4 is 15.4 Å². The molecule has 0 unspecified atom stereocenters. The normalized spacial score (nSPS) is 10.8. The molecule has 2 amide bonds. The third-order valence-electron chi connectivity index (χ3n) is 4.40. The molecule has 0 spiro atoms. The van der Waals surface area contributed by atoms with Crippen LogP contribution in [0.25, 0.3) is 0 Å². The number of phenolic OH excluding ortho intramolecular Hbond substituents is 1. The van der Waals surface area contributed by atoms with E-state index in [-0.39, 0.29) is 27.2 Å². The molecule has 10 heteroatoms. The number of anilines is 1. The van der Waals surface area contributed by atoms with Gasteiger partial charge in [0, 0.05) is 16.8 Å². The molecule has 0 aliphatic heterocycles. The Kier molecular flexibility index (Phi) is 6.86. The van der Waals surface area contributed by atoms with Gasteiger partial charge in [-0.25, -0.2) is 13.1 Å². The van der Waals surface area contributed by atoms with Crippen molar-refractivity contribution < 1.29 is 23.1 Å². The number of hydrogen-bond acceptors (Lipinski definition) is 6. The number of rotatable bonds is 5. The van der Waals surface area contributed by atoms with Gasteiger partial charge in [0.25, 0.3) is 21.8 Å². The Hall–Kier alpha value is -3.76.